The molecule has 0 aromatic heterocycles. The zero-order valence-corrected chi connectivity index (χ0v) is 67.0. The van der Waals surface area contributed by atoms with Crippen molar-refractivity contribution in [1.82, 2.24) is 0 Å². The molecule has 562 valence electrons. The van der Waals surface area contributed by atoms with Crippen molar-refractivity contribution in [1.29, 1.82) is 0 Å². The fraction of sp³-hybridized carbons (Fsp3) is 0.0598. The van der Waals surface area contributed by atoms with Crippen LogP contribution in [-0.2, 0) is 16.2 Å². The van der Waals surface area contributed by atoms with Crippen LogP contribution in [0.5, 0.6) is 0 Å². The van der Waals surface area contributed by atoms with E-state index < -0.39 is 5.41 Å². The number of fused-ring (bicyclic) bond motifs is 11. The first-order valence-electron chi connectivity index (χ1n) is 41.7. The molecule has 0 aliphatic heterocycles. The Bertz CT molecular complexity index is 7200. The third kappa shape index (κ3) is 11.5. The minimum Gasteiger partial charge on any atom is -0.309 e. The first-order valence-corrected chi connectivity index (χ1v) is 41.7. The molecular formula is C117H84N2. The van der Waals surface area contributed by atoms with Crippen LogP contribution in [0.3, 0.4) is 0 Å². The van der Waals surface area contributed by atoms with Gasteiger partial charge < -0.3 is 9.80 Å². The van der Waals surface area contributed by atoms with Gasteiger partial charge >= 0.3 is 0 Å². The molecule has 19 aromatic carbocycles. The third-order valence-corrected chi connectivity index (χ3v) is 26.2. The molecule has 0 radical (unpaired) electrons. The summed E-state index contributed by atoms with van der Waals surface area (Å²) in [5.41, 5.74) is 39.2. The van der Waals surface area contributed by atoms with Crippen molar-refractivity contribution >= 4 is 55.7 Å². The maximum atomic E-state index is 2.61. The molecule has 1 unspecified atom stereocenters. The fourth-order valence-corrected chi connectivity index (χ4v) is 20.4. The van der Waals surface area contributed by atoms with E-state index in [2.05, 4.69) is 474 Å². The number of anilines is 6. The van der Waals surface area contributed by atoms with Gasteiger partial charge in [-0.25, -0.2) is 0 Å². The Morgan fingerprint density at radius 1 is 0.176 bits per heavy atom. The van der Waals surface area contributed by atoms with Gasteiger partial charge in [0.05, 0.1) is 28.2 Å². The van der Waals surface area contributed by atoms with Gasteiger partial charge in [-0.05, 0) is 210 Å². The largest absolute Gasteiger partial charge is 0.309 e. The number of hydrogen-bond donors (Lipinski definition) is 0. The van der Waals surface area contributed by atoms with Crippen LogP contribution >= 0.6 is 0 Å². The molecule has 19 aromatic rings. The molecule has 22 rings (SSSR count). The van der Waals surface area contributed by atoms with Crippen LogP contribution < -0.4 is 9.80 Å². The Morgan fingerprint density at radius 2 is 0.513 bits per heavy atom. The second-order valence-electron chi connectivity index (χ2n) is 33.3. The van der Waals surface area contributed by atoms with E-state index in [-0.39, 0.29) is 10.8 Å². The van der Waals surface area contributed by atoms with E-state index >= 15 is 0 Å². The minimum absolute atomic E-state index is 0.248. The van der Waals surface area contributed by atoms with Crippen molar-refractivity contribution in [3.05, 3.63) is 481 Å². The molecule has 3 aliphatic carbocycles. The summed E-state index contributed by atoms with van der Waals surface area (Å²) in [6.45, 7) is 9.58. The molecule has 2 nitrogen and oxygen atoms in total. The van der Waals surface area contributed by atoms with Crippen LogP contribution in [0.15, 0.2) is 437 Å². The van der Waals surface area contributed by atoms with E-state index in [1.165, 1.54) is 122 Å². The predicted molar refractivity (Wildman–Crippen MR) is 501 cm³/mol. The molecule has 0 amide bonds. The van der Waals surface area contributed by atoms with Crippen LogP contribution in [-0.4, -0.2) is 0 Å². The molecular weight excluding hydrogens is 1430 g/mol. The molecule has 0 bridgehead atoms. The van der Waals surface area contributed by atoms with Crippen LogP contribution in [0.2, 0.25) is 0 Å². The summed E-state index contributed by atoms with van der Waals surface area (Å²) in [7, 11) is 0. The quantitative estimate of drug-likeness (QED) is 0.101. The topological polar surface area (TPSA) is 6.48 Å². The molecule has 0 saturated carbocycles. The van der Waals surface area contributed by atoms with E-state index in [1.807, 2.05) is 0 Å². The van der Waals surface area contributed by atoms with Crippen LogP contribution in [0, 0.1) is 0 Å². The number of rotatable bonds is 15. The van der Waals surface area contributed by atoms with Gasteiger partial charge in [-0.1, -0.05) is 410 Å². The van der Waals surface area contributed by atoms with Crippen LogP contribution in [0.1, 0.15) is 72.2 Å². The van der Waals surface area contributed by atoms with E-state index in [0.29, 0.717) is 0 Å². The lowest BCUT2D eigenvalue weighted by Gasteiger charge is -2.35. The average Bonchev–Trinajstić information content (AvgIpc) is 1.53. The summed E-state index contributed by atoms with van der Waals surface area (Å²) >= 11 is 0. The summed E-state index contributed by atoms with van der Waals surface area (Å²) in [6, 6.07) is 164. The number of benzene rings is 19. The van der Waals surface area contributed by atoms with Gasteiger partial charge in [0, 0.05) is 44.5 Å². The van der Waals surface area contributed by atoms with Gasteiger partial charge in [0.15, 0.2) is 0 Å². The molecule has 1 atom stereocenters. The summed E-state index contributed by atoms with van der Waals surface area (Å²) in [5, 5.41) is 4.85. The maximum absolute atomic E-state index is 2.61. The van der Waals surface area contributed by atoms with Crippen molar-refractivity contribution < 1.29 is 0 Å². The number of hydrogen-bond acceptors (Lipinski definition) is 2. The zero-order chi connectivity index (χ0) is 79.5. The van der Waals surface area contributed by atoms with Crippen molar-refractivity contribution in [2.45, 2.75) is 43.9 Å². The second-order valence-corrected chi connectivity index (χ2v) is 33.3. The summed E-state index contributed by atoms with van der Waals surface area (Å²) in [5.74, 6) is 0. The molecule has 2 heteroatoms. The van der Waals surface area contributed by atoms with Gasteiger partial charge in [0.2, 0.25) is 0 Å². The average molecular weight is 1520 g/mol. The van der Waals surface area contributed by atoms with Gasteiger partial charge in [-0.2, -0.15) is 0 Å². The highest BCUT2D eigenvalue weighted by Gasteiger charge is 2.48. The van der Waals surface area contributed by atoms with Crippen LogP contribution in [0.25, 0.3) is 133 Å². The van der Waals surface area contributed by atoms with Gasteiger partial charge in [-0.3, -0.25) is 0 Å². The predicted octanol–water partition coefficient (Wildman–Crippen LogP) is 31.6. The first kappa shape index (κ1) is 70.9. The highest BCUT2D eigenvalue weighted by atomic mass is 15.2. The number of para-hydroxylation sites is 1. The molecule has 0 heterocycles. The lowest BCUT2D eigenvalue weighted by atomic mass is 9.67. The Balaban J connectivity index is 0.722. The van der Waals surface area contributed by atoms with Gasteiger partial charge in [0.25, 0.3) is 0 Å². The Hall–Kier alpha value is -14.7. The maximum Gasteiger partial charge on any atom is 0.0714 e. The van der Waals surface area contributed by atoms with Gasteiger partial charge in [0.1, 0.15) is 0 Å². The smallest absolute Gasteiger partial charge is 0.0714 e. The minimum atomic E-state index is -0.746. The van der Waals surface area contributed by atoms with E-state index in [0.717, 1.165) is 89.8 Å². The normalized spacial score (nSPS) is 14.2. The van der Waals surface area contributed by atoms with E-state index in [1.54, 1.807) is 0 Å². The standard InChI is InChI=1S/C117H84N2/c1-115(2)104-50-22-18-45-99(104)101-70-66-90(75-108(101)115)118(110-54-25-21-44-96(110)83-58-56-78(57-59-83)77-30-8-5-9-31-77)113-74-87(95-49-28-37-81-35-15-17-43-93(81)95)63-69-98(113)85-39-26-38-84(72-85)79-60-64-89(65-61-79)117(88-40-12-7-13-41-88)106-52-24-20-47-103(106)114-107(117)53-29-55-111(114)119(91-67-71-102-100-46-19-23-51-105(100)116(3,4)109(102)76-91)112-73-86(62-68-97(112)82-32-10-6-11-33-82)94-48-27-36-80-34-14-16-42-92(80)94/h5-76H,1-4H3. The summed E-state index contributed by atoms with van der Waals surface area (Å²) in [4.78, 5) is 5.17. The molecule has 0 saturated heterocycles. The van der Waals surface area contributed by atoms with Crippen molar-refractivity contribution in [2.24, 2.45) is 0 Å². The highest BCUT2D eigenvalue weighted by Crippen LogP contribution is 2.62. The van der Waals surface area contributed by atoms with E-state index in [9.17, 15) is 0 Å². The highest BCUT2D eigenvalue weighted by molar-refractivity contribution is 6.05. The van der Waals surface area contributed by atoms with Crippen molar-refractivity contribution in [3.63, 3.8) is 0 Å². The van der Waals surface area contributed by atoms with E-state index in [4.69, 9.17) is 0 Å². The third-order valence-electron chi connectivity index (χ3n) is 26.2. The lowest BCUT2D eigenvalue weighted by molar-refractivity contribution is 0.660. The second kappa shape index (κ2) is 28.3. The molecule has 0 fully saturated rings. The molecule has 3 aliphatic rings. The number of nitrogens with zero attached hydrogens (tertiary/aromatic N) is 2. The summed E-state index contributed by atoms with van der Waals surface area (Å²) < 4.78 is 0. The van der Waals surface area contributed by atoms with Crippen molar-refractivity contribution in [2.75, 3.05) is 9.80 Å². The Kier molecular flexibility index (Phi) is 16.9. The van der Waals surface area contributed by atoms with Crippen molar-refractivity contribution in [3.8, 4) is 111 Å². The zero-order valence-electron chi connectivity index (χ0n) is 67.0. The summed E-state index contributed by atoms with van der Waals surface area (Å²) in [6.07, 6.45) is 0. The lowest BCUT2D eigenvalue weighted by Crippen LogP contribution is -2.28. The van der Waals surface area contributed by atoms with Crippen LogP contribution in [0.4, 0.5) is 34.1 Å². The SMILES string of the molecule is CC1(C)c2ccccc2-c2ccc(N(c3ccccc3-c3ccc(-c4ccccc4)cc3)c3cc(-c4cccc5ccccc45)ccc3-c3cccc(-c4ccc(C5(c6ccccc6)c6ccccc6-c6c(N(c7ccc8c(c7)C(C)(C)c7ccccc7-8)c7cc(-c8cccc9ccccc89)ccc7-c7ccccc7)cccc65)cc4)c3)cc21. The fourth-order valence-electron chi connectivity index (χ4n) is 20.4. The Labute approximate surface area is 697 Å². The Morgan fingerprint density at radius 3 is 1.11 bits per heavy atom. The monoisotopic (exact) mass is 1520 g/mol. The molecule has 119 heavy (non-hydrogen) atoms. The first-order chi connectivity index (χ1) is 58.5. The van der Waals surface area contributed by atoms with Gasteiger partial charge in [-0.15, -0.1) is 0 Å². The molecule has 0 spiro atoms. The molecule has 0 N–H and O–H groups in total.